The van der Waals surface area contributed by atoms with E-state index in [4.69, 9.17) is 10.5 Å². The van der Waals surface area contributed by atoms with Gasteiger partial charge >= 0.3 is 0 Å². The maximum absolute atomic E-state index is 5.75. The van der Waals surface area contributed by atoms with E-state index in [1.807, 2.05) is 41.2 Å². The maximum atomic E-state index is 5.75. The van der Waals surface area contributed by atoms with Gasteiger partial charge in [0.05, 0.1) is 7.11 Å². The van der Waals surface area contributed by atoms with Crippen molar-refractivity contribution >= 4 is 5.82 Å². The zero-order valence-corrected chi connectivity index (χ0v) is 8.60. The number of methoxy groups -OCH3 is 1. The average Bonchev–Trinajstić information content (AvgIpc) is 2.66. The van der Waals surface area contributed by atoms with Gasteiger partial charge in [0.2, 0.25) is 0 Å². The molecule has 78 valence electrons. The SMILES string of the molecule is COc1ccc(C[n+]2[nH]ccc2N)cc1. The summed E-state index contributed by atoms with van der Waals surface area (Å²) in [5.41, 5.74) is 6.93. The molecule has 3 N–H and O–H groups in total. The van der Waals surface area contributed by atoms with Crippen LogP contribution < -0.4 is 15.2 Å². The van der Waals surface area contributed by atoms with E-state index in [1.165, 1.54) is 5.56 Å². The normalized spacial score (nSPS) is 10.2. The lowest BCUT2D eigenvalue weighted by molar-refractivity contribution is -0.728. The molecule has 1 aromatic carbocycles. The Bertz CT molecular complexity index is 433. The van der Waals surface area contributed by atoms with Crippen LogP contribution in [0.15, 0.2) is 36.5 Å². The molecule has 0 bridgehead atoms. The molecule has 2 aromatic rings. The zero-order chi connectivity index (χ0) is 10.7. The third-order valence-electron chi connectivity index (χ3n) is 2.30. The van der Waals surface area contributed by atoms with Crippen molar-refractivity contribution in [3.05, 3.63) is 42.1 Å². The summed E-state index contributed by atoms with van der Waals surface area (Å²) in [6.07, 6.45) is 1.82. The molecule has 15 heavy (non-hydrogen) atoms. The number of H-pyrrole nitrogens is 1. The van der Waals surface area contributed by atoms with Crippen molar-refractivity contribution in [3.8, 4) is 5.75 Å². The van der Waals surface area contributed by atoms with E-state index < -0.39 is 0 Å². The number of aromatic amines is 1. The molecule has 1 heterocycles. The number of nitrogens with two attached hydrogens (primary N) is 1. The van der Waals surface area contributed by atoms with Gasteiger partial charge < -0.3 is 4.74 Å². The fraction of sp³-hybridized carbons (Fsp3) is 0.182. The molecule has 0 aliphatic rings. The summed E-state index contributed by atoms with van der Waals surface area (Å²) in [4.78, 5) is 0. The number of rotatable bonds is 3. The number of nitrogen functional groups attached to an aromatic ring is 1. The molecule has 0 aliphatic heterocycles. The number of hydrogen-bond donors (Lipinski definition) is 2. The van der Waals surface area contributed by atoms with Crippen molar-refractivity contribution in [2.45, 2.75) is 6.54 Å². The smallest absolute Gasteiger partial charge is 0.292 e. The number of hydrogen-bond acceptors (Lipinski definition) is 2. The van der Waals surface area contributed by atoms with Crippen LogP contribution >= 0.6 is 0 Å². The van der Waals surface area contributed by atoms with Gasteiger partial charge in [-0.3, -0.25) is 5.73 Å². The minimum Gasteiger partial charge on any atom is -0.497 e. The van der Waals surface area contributed by atoms with Crippen LogP contribution in [-0.2, 0) is 6.54 Å². The maximum Gasteiger partial charge on any atom is 0.292 e. The number of nitrogens with zero attached hydrogens (tertiary/aromatic N) is 1. The third-order valence-corrected chi connectivity index (χ3v) is 2.30. The van der Waals surface area contributed by atoms with Crippen molar-refractivity contribution in [2.75, 3.05) is 12.8 Å². The Kier molecular flexibility index (Phi) is 2.58. The topological polar surface area (TPSA) is 54.9 Å². The molecule has 0 unspecified atom stereocenters. The van der Waals surface area contributed by atoms with E-state index in [-0.39, 0.29) is 0 Å². The fourth-order valence-electron chi connectivity index (χ4n) is 1.43. The molecule has 0 radical (unpaired) electrons. The Morgan fingerprint density at radius 3 is 2.53 bits per heavy atom. The number of benzene rings is 1. The first-order chi connectivity index (χ1) is 7.29. The number of nitrogens with one attached hydrogen (secondary N) is 1. The molecule has 4 nitrogen and oxygen atoms in total. The zero-order valence-electron chi connectivity index (χ0n) is 8.60. The molecule has 0 spiro atoms. The number of anilines is 1. The van der Waals surface area contributed by atoms with Crippen LogP contribution in [0.3, 0.4) is 0 Å². The summed E-state index contributed by atoms with van der Waals surface area (Å²) >= 11 is 0. The lowest BCUT2D eigenvalue weighted by atomic mass is 10.2. The van der Waals surface area contributed by atoms with Gasteiger partial charge in [-0.1, -0.05) is 12.1 Å². The molecular formula is C11H14N3O+. The summed E-state index contributed by atoms with van der Waals surface area (Å²) in [7, 11) is 1.66. The van der Waals surface area contributed by atoms with Crippen molar-refractivity contribution in [3.63, 3.8) is 0 Å². The monoisotopic (exact) mass is 204 g/mol. The van der Waals surface area contributed by atoms with Crippen LogP contribution in [0.2, 0.25) is 0 Å². The lowest BCUT2D eigenvalue weighted by Crippen LogP contribution is -2.38. The molecule has 0 saturated carbocycles. The minimum absolute atomic E-state index is 0.728. The molecule has 4 heteroatoms. The summed E-state index contributed by atoms with van der Waals surface area (Å²) in [6.45, 7) is 0.739. The lowest BCUT2D eigenvalue weighted by Gasteiger charge is -2.01. The van der Waals surface area contributed by atoms with Gasteiger partial charge in [-0.15, -0.1) is 0 Å². The Morgan fingerprint density at radius 2 is 2.00 bits per heavy atom. The van der Waals surface area contributed by atoms with E-state index in [1.54, 1.807) is 7.11 Å². The van der Waals surface area contributed by atoms with Crippen LogP contribution in [0.4, 0.5) is 5.82 Å². The van der Waals surface area contributed by atoms with Gasteiger partial charge in [-0.25, -0.2) is 5.10 Å². The fourth-order valence-corrected chi connectivity index (χ4v) is 1.43. The van der Waals surface area contributed by atoms with Gasteiger partial charge in [0.15, 0.2) is 0 Å². The summed E-state index contributed by atoms with van der Waals surface area (Å²) < 4.78 is 6.97. The standard InChI is InChI=1S/C11H13N3O/c1-15-10-4-2-9(3-5-10)8-14-11(12)6-7-13-14/h2-7H,8H2,1H3,(H2,12,13)/p+1. The highest BCUT2D eigenvalue weighted by molar-refractivity contribution is 5.27. The second-order valence-corrected chi connectivity index (χ2v) is 3.32. The largest absolute Gasteiger partial charge is 0.497 e. The van der Waals surface area contributed by atoms with E-state index in [2.05, 4.69) is 5.10 Å². The Morgan fingerprint density at radius 1 is 1.27 bits per heavy atom. The quantitative estimate of drug-likeness (QED) is 0.731. The van der Waals surface area contributed by atoms with Crippen molar-refractivity contribution in [1.29, 1.82) is 0 Å². The van der Waals surface area contributed by atoms with Gasteiger partial charge in [0.1, 0.15) is 12.3 Å². The van der Waals surface area contributed by atoms with Crippen molar-refractivity contribution < 1.29 is 9.42 Å². The highest BCUT2D eigenvalue weighted by atomic mass is 16.5. The van der Waals surface area contributed by atoms with Crippen LogP contribution in [0, 0.1) is 0 Å². The van der Waals surface area contributed by atoms with Gasteiger partial charge in [0.25, 0.3) is 5.82 Å². The summed E-state index contributed by atoms with van der Waals surface area (Å²) in [5.74, 6) is 1.59. The number of ether oxygens (including phenoxy) is 1. The predicted molar refractivity (Wildman–Crippen MR) is 57.5 cm³/mol. The van der Waals surface area contributed by atoms with Gasteiger partial charge in [-0.05, 0) is 17.7 Å². The molecule has 0 saturated heterocycles. The van der Waals surface area contributed by atoms with Crippen LogP contribution in [-0.4, -0.2) is 12.2 Å². The first-order valence-corrected chi connectivity index (χ1v) is 4.75. The summed E-state index contributed by atoms with van der Waals surface area (Å²) in [6, 6.07) is 9.76. The molecule has 0 atom stereocenters. The molecular weight excluding hydrogens is 190 g/mol. The van der Waals surface area contributed by atoms with E-state index >= 15 is 0 Å². The Hall–Kier alpha value is -1.97. The Labute approximate surface area is 88.3 Å². The average molecular weight is 204 g/mol. The highest BCUT2D eigenvalue weighted by Crippen LogP contribution is 2.10. The first-order valence-electron chi connectivity index (χ1n) is 4.75. The Balaban J connectivity index is 2.14. The molecule has 1 aromatic heterocycles. The second-order valence-electron chi connectivity index (χ2n) is 3.32. The van der Waals surface area contributed by atoms with Crippen LogP contribution in [0.5, 0.6) is 5.75 Å². The van der Waals surface area contributed by atoms with E-state index in [0.29, 0.717) is 0 Å². The van der Waals surface area contributed by atoms with Crippen LogP contribution in [0.25, 0.3) is 0 Å². The van der Waals surface area contributed by atoms with Crippen molar-refractivity contribution in [2.24, 2.45) is 0 Å². The van der Waals surface area contributed by atoms with Gasteiger partial charge in [0, 0.05) is 12.3 Å². The molecule has 0 fully saturated rings. The highest BCUT2D eigenvalue weighted by Gasteiger charge is 2.05. The number of aromatic nitrogens is 2. The molecule has 2 rings (SSSR count). The molecule has 0 amide bonds. The molecule has 0 aliphatic carbocycles. The van der Waals surface area contributed by atoms with Crippen molar-refractivity contribution in [1.82, 2.24) is 5.10 Å². The predicted octanol–water partition coefficient (Wildman–Crippen LogP) is 0.941. The van der Waals surface area contributed by atoms with E-state index in [9.17, 15) is 0 Å². The van der Waals surface area contributed by atoms with E-state index in [0.717, 1.165) is 18.1 Å². The van der Waals surface area contributed by atoms with Gasteiger partial charge in [-0.2, -0.15) is 4.68 Å². The first kappa shape index (κ1) is 9.58. The second kappa shape index (κ2) is 4.04. The summed E-state index contributed by atoms with van der Waals surface area (Å²) in [5, 5.41) is 3.04. The van der Waals surface area contributed by atoms with Crippen LogP contribution in [0.1, 0.15) is 5.56 Å². The minimum atomic E-state index is 0.728. The third kappa shape index (κ3) is 2.10.